The number of hydrogen-bond acceptors (Lipinski definition) is 3. The lowest BCUT2D eigenvalue weighted by Crippen LogP contribution is -2.44. The van der Waals surface area contributed by atoms with E-state index in [1.165, 1.54) is 25.7 Å². The van der Waals surface area contributed by atoms with Crippen LogP contribution in [0.5, 0.6) is 0 Å². The van der Waals surface area contributed by atoms with Gasteiger partial charge >= 0.3 is 0 Å². The van der Waals surface area contributed by atoms with Crippen molar-refractivity contribution in [2.24, 2.45) is 10.9 Å². The minimum Gasteiger partial charge on any atom is -0.354 e. The van der Waals surface area contributed by atoms with Crippen molar-refractivity contribution in [1.29, 1.82) is 0 Å². The molecule has 3 rings (SSSR count). The van der Waals surface area contributed by atoms with E-state index in [9.17, 15) is 8.42 Å². The molecule has 1 heterocycles. The molecule has 28 heavy (non-hydrogen) atoms. The number of aliphatic imine (C=N–C) groups is 1. The van der Waals surface area contributed by atoms with Crippen LogP contribution in [0.1, 0.15) is 57.4 Å². The fourth-order valence-corrected chi connectivity index (χ4v) is 5.64. The van der Waals surface area contributed by atoms with Crippen LogP contribution in [0.3, 0.4) is 0 Å². The van der Waals surface area contributed by atoms with Gasteiger partial charge < -0.3 is 10.6 Å². The van der Waals surface area contributed by atoms with Crippen molar-refractivity contribution in [3.05, 3.63) is 29.8 Å². The molecule has 1 aromatic rings. The number of benzene rings is 1. The number of sulfonamides is 1. The summed E-state index contributed by atoms with van der Waals surface area (Å²) in [6.07, 6.45) is 7.86. The molecule has 1 saturated heterocycles. The SMILES string of the molecule is CN=C(NCc1cccc(S(=O)(=O)N2CCCCC2)c1)NC1CCC(C)CC1. The highest BCUT2D eigenvalue weighted by molar-refractivity contribution is 7.89. The van der Waals surface area contributed by atoms with Crippen LogP contribution in [0.2, 0.25) is 0 Å². The Labute approximate surface area is 169 Å². The lowest BCUT2D eigenvalue weighted by atomic mass is 9.87. The molecule has 0 bridgehead atoms. The first kappa shape index (κ1) is 21.1. The molecule has 1 saturated carbocycles. The number of rotatable bonds is 5. The van der Waals surface area contributed by atoms with Crippen LogP contribution in [-0.4, -0.2) is 44.9 Å². The Morgan fingerprint density at radius 1 is 1.14 bits per heavy atom. The van der Waals surface area contributed by atoms with E-state index in [-0.39, 0.29) is 0 Å². The molecule has 6 nitrogen and oxygen atoms in total. The fourth-order valence-electron chi connectivity index (χ4n) is 4.05. The molecular weight excluding hydrogens is 372 g/mol. The number of nitrogens with one attached hydrogen (secondary N) is 2. The fraction of sp³-hybridized carbons (Fsp3) is 0.667. The first-order valence-corrected chi connectivity index (χ1v) is 12.0. The molecular formula is C21H34N4O2S. The highest BCUT2D eigenvalue weighted by atomic mass is 32.2. The van der Waals surface area contributed by atoms with Gasteiger partial charge in [-0.05, 0) is 62.1 Å². The number of guanidine groups is 1. The Morgan fingerprint density at radius 3 is 2.54 bits per heavy atom. The van der Waals surface area contributed by atoms with Crippen LogP contribution < -0.4 is 10.6 Å². The molecule has 156 valence electrons. The molecule has 1 aliphatic carbocycles. The molecule has 0 spiro atoms. The Kier molecular flexibility index (Phi) is 7.35. The largest absolute Gasteiger partial charge is 0.354 e. The Bertz CT molecular complexity index is 764. The van der Waals surface area contributed by atoms with Crippen molar-refractivity contribution in [1.82, 2.24) is 14.9 Å². The number of piperidine rings is 1. The minimum absolute atomic E-state index is 0.387. The molecule has 0 atom stereocenters. The maximum atomic E-state index is 12.9. The molecule has 0 unspecified atom stereocenters. The molecule has 2 N–H and O–H groups in total. The smallest absolute Gasteiger partial charge is 0.243 e. The van der Waals surface area contributed by atoms with Gasteiger partial charge in [0.05, 0.1) is 4.90 Å². The Morgan fingerprint density at radius 2 is 1.86 bits per heavy atom. The van der Waals surface area contributed by atoms with E-state index >= 15 is 0 Å². The second-order valence-corrected chi connectivity index (χ2v) is 10.1. The normalized spacial score (nSPS) is 24.7. The summed E-state index contributed by atoms with van der Waals surface area (Å²) in [5, 5.41) is 6.84. The first-order chi connectivity index (χ1) is 13.5. The van der Waals surface area contributed by atoms with E-state index in [0.717, 1.165) is 36.7 Å². The number of nitrogens with zero attached hydrogens (tertiary/aromatic N) is 2. The zero-order chi connectivity index (χ0) is 20.0. The van der Waals surface area contributed by atoms with Crippen molar-refractivity contribution in [3.8, 4) is 0 Å². The van der Waals surface area contributed by atoms with Gasteiger partial charge in [0.25, 0.3) is 0 Å². The molecule has 0 radical (unpaired) electrons. The van der Waals surface area contributed by atoms with Crippen molar-refractivity contribution in [2.45, 2.75) is 69.4 Å². The van der Waals surface area contributed by atoms with Crippen LogP contribution in [0.25, 0.3) is 0 Å². The zero-order valence-corrected chi connectivity index (χ0v) is 18.0. The quantitative estimate of drug-likeness (QED) is 0.582. The van der Waals surface area contributed by atoms with E-state index in [4.69, 9.17) is 0 Å². The predicted molar refractivity (Wildman–Crippen MR) is 114 cm³/mol. The Balaban J connectivity index is 1.59. The van der Waals surface area contributed by atoms with Gasteiger partial charge in [-0.3, -0.25) is 4.99 Å². The van der Waals surface area contributed by atoms with Crippen molar-refractivity contribution >= 4 is 16.0 Å². The van der Waals surface area contributed by atoms with Crippen LogP contribution in [0.4, 0.5) is 0 Å². The molecule has 7 heteroatoms. The maximum Gasteiger partial charge on any atom is 0.243 e. The molecule has 0 aromatic heterocycles. The van der Waals surface area contributed by atoms with Gasteiger partial charge in [0, 0.05) is 32.7 Å². The van der Waals surface area contributed by atoms with Crippen molar-refractivity contribution < 1.29 is 8.42 Å². The predicted octanol–water partition coefficient (Wildman–Crippen LogP) is 3.10. The topological polar surface area (TPSA) is 73.8 Å². The second kappa shape index (κ2) is 9.74. The average molecular weight is 407 g/mol. The highest BCUT2D eigenvalue weighted by Crippen LogP contribution is 2.23. The molecule has 2 fully saturated rings. The van der Waals surface area contributed by atoms with Gasteiger partial charge in [0.1, 0.15) is 0 Å². The molecule has 1 aliphatic heterocycles. The monoisotopic (exact) mass is 406 g/mol. The minimum atomic E-state index is -3.40. The van der Waals surface area contributed by atoms with E-state index in [0.29, 0.717) is 30.6 Å². The van der Waals surface area contributed by atoms with Crippen LogP contribution in [-0.2, 0) is 16.6 Å². The zero-order valence-electron chi connectivity index (χ0n) is 17.2. The van der Waals surface area contributed by atoms with Gasteiger partial charge in [-0.2, -0.15) is 4.31 Å². The molecule has 2 aliphatic rings. The van der Waals surface area contributed by atoms with Crippen molar-refractivity contribution in [2.75, 3.05) is 20.1 Å². The van der Waals surface area contributed by atoms with Crippen molar-refractivity contribution in [3.63, 3.8) is 0 Å². The first-order valence-electron chi connectivity index (χ1n) is 10.6. The summed E-state index contributed by atoms with van der Waals surface area (Å²) in [6.45, 7) is 4.11. The van der Waals surface area contributed by atoms with E-state index < -0.39 is 10.0 Å². The lowest BCUT2D eigenvalue weighted by molar-refractivity contribution is 0.329. The summed E-state index contributed by atoms with van der Waals surface area (Å²) < 4.78 is 27.4. The Hall–Kier alpha value is -1.60. The molecule has 0 amide bonds. The number of hydrogen-bond donors (Lipinski definition) is 2. The summed E-state index contributed by atoms with van der Waals surface area (Å²) in [4.78, 5) is 4.72. The van der Waals surface area contributed by atoms with Gasteiger partial charge in [-0.25, -0.2) is 8.42 Å². The van der Waals surface area contributed by atoms with Gasteiger partial charge in [-0.15, -0.1) is 0 Å². The van der Waals surface area contributed by atoms with Crippen LogP contribution >= 0.6 is 0 Å². The summed E-state index contributed by atoms with van der Waals surface area (Å²) in [5.41, 5.74) is 0.943. The summed E-state index contributed by atoms with van der Waals surface area (Å²) in [5.74, 6) is 1.60. The van der Waals surface area contributed by atoms with Gasteiger partial charge in [-0.1, -0.05) is 25.5 Å². The third-order valence-corrected chi connectivity index (χ3v) is 7.79. The van der Waals surface area contributed by atoms with Crippen LogP contribution in [0.15, 0.2) is 34.2 Å². The van der Waals surface area contributed by atoms with Gasteiger partial charge in [0.15, 0.2) is 5.96 Å². The highest BCUT2D eigenvalue weighted by Gasteiger charge is 2.26. The third-order valence-electron chi connectivity index (χ3n) is 5.89. The van der Waals surface area contributed by atoms with Crippen LogP contribution in [0, 0.1) is 5.92 Å². The van der Waals surface area contributed by atoms with E-state index in [1.807, 2.05) is 12.1 Å². The summed E-state index contributed by atoms with van der Waals surface area (Å²) >= 11 is 0. The van der Waals surface area contributed by atoms with E-state index in [1.54, 1.807) is 23.5 Å². The lowest BCUT2D eigenvalue weighted by Gasteiger charge is -2.28. The summed E-state index contributed by atoms with van der Waals surface area (Å²) in [6, 6.07) is 7.73. The summed E-state index contributed by atoms with van der Waals surface area (Å²) in [7, 11) is -1.62. The second-order valence-electron chi connectivity index (χ2n) is 8.14. The maximum absolute atomic E-state index is 12.9. The standard InChI is InChI=1S/C21H34N4O2S/c1-17-9-11-19(12-10-17)24-21(22-2)23-16-18-7-6-8-20(15-18)28(26,27)25-13-4-3-5-14-25/h6-8,15,17,19H,3-5,9-14,16H2,1-2H3,(H2,22,23,24). The van der Waals surface area contributed by atoms with Gasteiger partial charge in [0.2, 0.25) is 10.0 Å². The average Bonchev–Trinajstić information content (AvgIpc) is 2.73. The molecule has 1 aromatic carbocycles. The third kappa shape index (κ3) is 5.47. The van der Waals surface area contributed by atoms with E-state index in [2.05, 4.69) is 22.5 Å².